The lowest BCUT2D eigenvalue weighted by atomic mass is 10.0. The number of carbonyl (C=O) groups is 1. The maximum Gasteiger partial charge on any atom is 0.265 e. The lowest BCUT2D eigenvalue weighted by Crippen LogP contribution is -2.34. The van der Waals surface area contributed by atoms with Gasteiger partial charge < -0.3 is 9.64 Å². The van der Waals surface area contributed by atoms with Crippen LogP contribution in [0.3, 0.4) is 0 Å². The van der Waals surface area contributed by atoms with Crippen molar-refractivity contribution in [3.05, 3.63) is 0 Å². The predicted molar refractivity (Wildman–Crippen MR) is 48.4 cm³/mol. The van der Waals surface area contributed by atoms with Crippen molar-refractivity contribution in [3.63, 3.8) is 0 Å². The van der Waals surface area contributed by atoms with Crippen LogP contribution in [-0.2, 0) is 9.53 Å². The second kappa shape index (κ2) is 2.75. The van der Waals surface area contributed by atoms with Crippen molar-refractivity contribution in [2.45, 2.75) is 10.7 Å². The Morgan fingerprint density at radius 3 is 3.08 bits per heavy atom. The van der Waals surface area contributed by atoms with Crippen LogP contribution in [-0.4, -0.2) is 42.2 Å². The van der Waals surface area contributed by atoms with E-state index in [1.807, 2.05) is 0 Å². The summed E-state index contributed by atoms with van der Waals surface area (Å²) in [5.74, 6) is -0.0828. The molecule has 0 aromatic carbocycles. The first-order valence-corrected chi connectivity index (χ1v) is 4.78. The van der Waals surface area contributed by atoms with Gasteiger partial charge >= 0.3 is 0 Å². The summed E-state index contributed by atoms with van der Waals surface area (Å²) in [6, 6.07) is 0. The third kappa shape index (κ3) is 0.985. The summed E-state index contributed by atoms with van der Waals surface area (Å²) in [6.45, 7) is 0.542. The van der Waals surface area contributed by atoms with Crippen LogP contribution >= 0.6 is 15.9 Å². The minimum Gasteiger partial charge on any atom is -0.361 e. The molecule has 2 heterocycles. The van der Waals surface area contributed by atoms with E-state index in [-0.39, 0.29) is 18.1 Å². The average Bonchev–Trinajstić information content (AvgIpc) is 2.55. The number of fused-ring (bicyclic) bond motifs is 1. The van der Waals surface area contributed by atoms with Gasteiger partial charge in [0.15, 0.2) is 0 Å². The van der Waals surface area contributed by atoms with E-state index in [9.17, 15) is 4.79 Å². The summed E-state index contributed by atoms with van der Waals surface area (Å²) in [6.07, 6.45) is -0.220. The Morgan fingerprint density at radius 1 is 1.77 bits per heavy atom. The molecule has 0 N–H and O–H groups in total. The third-order valence-corrected chi connectivity index (χ3v) is 3.66. The summed E-state index contributed by atoms with van der Waals surface area (Å²) in [5.41, 5.74) is 0. The maximum atomic E-state index is 11.7. The van der Waals surface area contributed by atoms with E-state index < -0.39 is 4.45 Å². The van der Waals surface area contributed by atoms with Gasteiger partial charge in [-0.3, -0.25) is 4.79 Å². The highest BCUT2D eigenvalue weighted by Crippen LogP contribution is 2.45. The van der Waals surface area contributed by atoms with Crippen LogP contribution in [0.2, 0.25) is 0 Å². The number of hydrogen-bond acceptors (Lipinski definition) is 4. The predicted octanol–water partition coefficient (Wildman–Crippen LogP) is 0.604. The number of likely N-dealkylation sites (tertiary alicyclic amines) is 1. The summed E-state index contributed by atoms with van der Waals surface area (Å²) in [7, 11) is 3.30. The first-order valence-electron chi connectivity index (χ1n) is 3.99. The molecule has 0 aromatic heterocycles. The molecule has 0 aliphatic carbocycles. The number of ether oxygens (including phenoxy) is 1. The highest BCUT2D eigenvalue weighted by molar-refractivity contribution is 9.10. The van der Waals surface area contributed by atoms with Crippen molar-refractivity contribution in [1.82, 2.24) is 4.90 Å². The Balaban J connectivity index is 2.37. The van der Waals surface area contributed by atoms with Crippen molar-refractivity contribution in [2.75, 3.05) is 20.7 Å². The number of nitrogens with zero attached hydrogens (tertiary/aromatic N) is 3. The quantitative estimate of drug-likeness (QED) is 0.504. The van der Waals surface area contributed by atoms with Gasteiger partial charge in [-0.15, -0.1) is 0 Å². The van der Waals surface area contributed by atoms with Crippen LogP contribution in [0.4, 0.5) is 0 Å². The van der Waals surface area contributed by atoms with Crippen LogP contribution in [0.25, 0.3) is 0 Å². The molecule has 0 spiro atoms. The number of halogens is 1. The molecule has 2 rings (SSSR count). The van der Waals surface area contributed by atoms with Gasteiger partial charge in [-0.1, -0.05) is 0 Å². The minimum absolute atomic E-state index is 0.00463. The minimum atomic E-state index is -0.859. The van der Waals surface area contributed by atoms with E-state index in [1.54, 1.807) is 19.1 Å². The molecule has 2 aliphatic rings. The Kier molecular flexibility index (Phi) is 1.92. The molecule has 3 atom stereocenters. The standard InChI is InChI=1S/C7H10BrN3O2/c1-11-5(13-2)4-3-9-10-7(4,8)6(11)12/h4-5H,3H2,1-2H3/t4-,5-,7-/m0/s1. The molecular weight excluding hydrogens is 238 g/mol. The molecule has 0 unspecified atom stereocenters. The fourth-order valence-electron chi connectivity index (χ4n) is 1.86. The van der Waals surface area contributed by atoms with Crippen LogP contribution in [0, 0.1) is 5.92 Å². The molecule has 2 aliphatic heterocycles. The SMILES string of the molecule is CO[C@H]1[C@@H]2CN=N[C@]2(Br)C(=O)N1C. The topological polar surface area (TPSA) is 54.3 Å². The maximum absolute atomic E-state index is 11.7. The van der Waals surface area contributed by atoms with Gasteiger partial charge in [-0.2, -0.15) is 10.2 Å². The lowest BCUT2D eigenvalue weighted by Gasteiger charge is -2.20. The zero-order valence-corrected chi connectivity index (χ0v) is 8.98. The third-order valence-electron chi connectivity index (χ3n) is 2.57. The number of alkyl halides is 1. The zero-order valence-electron chi connectivity index (χ0n) is 7.40. The normalized spacial score (nSPS) is 43.0. The van der Waals surface area contributed by atoms with Gasteiger partial charge in [0.2, 0.25) is 4.45 Å². The number of rotatable bonds is 1. The van der Waals surface area contributed by atoms with Crippen LogP contribution < -0.4 is 0 Å². The van der Waals surface area contributed by atoms with E-state index in [1.165, 1.54) is 0 Å². The van der Waals surface area contributed by atoms with Crippen molar-refractivity contribution >= 4 is 21.8 Å². The molecule has 1 fully saturated rings. The first kappa shape index (κ1) is 9.08. The number of azo groups is 1. The van der Waals surface area contributed by atoms with Crippen LogP contribution in [0.5, 0.6) is 0 Å². The second-order valence-electron chi connectivity index (χ2n) is 3.25. The van der Waals surface area contributed by atoms with Gasteiger partial charge in [-0.05, 0) is 15.9 Å². The number of hydrogen-bond donors (Lipinski definition) is 0. The molecule has 1 saturated heterocycles. The molecule has 1 amide bonds. The van der Waals surface area contributed by atoms with Gasteiger partial charge in [0.1, 0.15) is 6.23 Å². The Hall–Kier alpha value is -0.490. The van der Waals surface area contributed by atoms with Crippen molar-refractivity contribution in [2.24, 2.45) is 16.1 Å². The smallest absolute Gasteiger partial charge is 0.265 e. The van der Waals surface area contributed by atoms with Crippen molar-refractivity contribution in [3.8, 4) is 0 Å². The largest absolute Gasteiger partial charge is 0.361 e. The fraction of sp³-hybridized carbons (Fsp3) is 0.857. The van der Waals surface area contributed by atoms with Crippen molar-refractivity contribution < 1.29 is 9.53 Å². The molecular formula is C7H10BrN3O2. The van der Waals surface area contributed by atoms with E-state index in [2.05, 4.69) is 26.2 Å². The van der Waals surface area contributed by atoms with Crippen LogP contribution in [0.15, 0.2) is 10.2 Å². The van der Waals surface area contributed by atoms with E-state index in [0.717, 1.165) is 0 Å². The molecule has 6 heteroatoms. The Bertz CT molecular complexity index is 283. The molecule has 0 saturated carbocycles. The average molecular weight is 248 g/mol. The second-order valence-corrected chi connectivity index (χ2v) is 4.46. The highest BCUT2D eigenvalue weighted by Gasteiger charge is 2.60. The first-order chi connectivity index (χ1) is 6.11. The molecule has 0 radical (unpaired) electrons. The summed E-state index contributed by atoms with van der Waals surface area (Å²) in [4.78, 5) is 13.3. The van der Waals surface area contributed by atoms with E-state index in [0.29, 0.717) is 6.54 Å². The monoisotopic (exact) mass is 247 g/mol. The summed E-state index contributed by atoms with van der Waals surface area (Å²) < 4.78 is 4.37. The number of likely N-dealkylation sites (N-methyl/N-ethyl adjacent to an activating group) is 1. The fourth-order valence-corrected chi connectivity index (χ4v) is 2.63. The zero-order chi connectivity index (χ0) is 9.64. The van der Waals surface area contributed by atoms with Crippen LogP contribution in [0.1, 0.15) is 0 Å². The summed E-state index contributed by atoms with van der Waals surface area (Å²) >= 11 is 3.33. The van der Waals surface area contributed by atoms with Gasteiger partial charge in [-0.25, -0.2) is 0 Å². The lowest BCUT2D eigenvalue weighted by molar-refractivity contribution is -0.134. The van der Waals surface area contributed by atoms with E-state index in [4.69, 9.17) is 4.74 Å². The van der Waals surface area contributed by atoms with Gasteiger partial charge in [0, 0.05) is 14.2 Å². The van der Waals surface area contributed by atoms with E-state index >= 15 is 0 Å². The van der Waals surface area contributed by atoms with Gasteiger partial charge in [0.05, 0.1) is 12.5 Å². The number of carbonyl (C=O) groups excluding carboxylic acids is 1. The summed E-state index contributed by atoms with van der Waals surface area (Å²) in [5, 5.41) is 7.80. The molecule has 13 heavy (non-hydrogen) atoms. The highest BCUT2D eigenvalue weighted by atomic mass is 79.9. The Morgan fingerprint density at radius 2 is 2.46 bits per heavy atom. The van der Waals surface area contributed by atoms with Crippen molar-refractivity contribution in [1.29, 1.82) is 0 Å². The molecule has 5 nitrogen and oxygen atoms in total. The molecule has 72 valence electrons. The number of amides is 1. The molecule has 0 bridgehead atoms. The Labute approximate surface area is 84.3 Å². The number of methoxy groups -OCH3 is 1. The van der Waals surface area contributed by atoms with Gasteiger partial charge in [0.25, 0.3) is 5.91 Å². The molecule has 0 aromatic rings.